The highest BCUT2D eigenvalue weighted by atomic mass is 16.5. The first kappa shape index (κ1) is 13.0. The van der Waals surface area contributed by atoms with Gasteiger partial charge in [-0.3, -0.25) is 4.79 Å². The summed E-state index contributed by atoms with van der Waals surface area (Å²) in [7, 11) is 1.60. The van der Waals surface area contributed by atoms with Crippen molar-refractivity contribution in [2.75, 3.05) is 7.11 Å². The Hall–Kier alpha value is -1.97. The zero-order chi connectivity index (χ0) is 13.9. The number of aromatic nitrogens is 1. The van der Waals surface area contributed by atoms with Crippen LogP contribution >= 0.6 is 0 Å². The van der Waals surface area contributed by atoms with Crippen molar-refractivity contribution in [3.8, 4) is 11.5 Å². The average Bonchev–Trinajstić information content (AvgIpc) is 2.48. The van der Waals surface area contributed by atoms with Gasteiger partial charge in [-0.2, -0.15) is 0 Å². The molecule has 0 saturated heterocycles. The molecule has 0 radical (unpaired) electrons. The molecule has 106 valence electrons. The van der Waals surface area contributed by atoms with Gasteiger partial charge in [-0.25, -0.2) is 0 Å². The maximum atomic E-state index is 11.8. The lowest BCUT2D eigenvalue weighted by atomic mass is 9.98. The van der Waals surface area contributed by atoms with E-state index in [9.17, 15) is 4.79 Å². The van der Waals surface area contributed by atoms with Gasteiger partial charge in [-0.15, -0.1) is 0 Å². The van der Waals surface area contributed by atoms with Crippen molar-refractivity contribution < 1.29 is 9.47 Å². The van der Waals surface area contributed by atoms with Crippen molar-refractivity contribution in [3.05, 3.63) is 34.7 Å². The van der Waals surface area contributed by atoms with Crippen LogP contribution in [0.5, 0.6) is 11.5 Å². The number of nitrogens with one attached hydrogen (secondary N) is 1. The van der Waals surface area contributed by atoms with Crippen molar-refractivity contribution in [1.82, 2.24) is 4.98 Å². The smallest absolute Gasteiger partial charge is 0.255 e. The van der Waals surface area contributed by atoms with Gasteiger partial charge in [0.2, 0.25) is 0 Å². The Bertz CT molecular complexity index is 656. The van der Waals surface area contributed by atoms with Crippen LogP contribution in [0, 0.1) is 0 Å². The van der Waals surface area contributed by atoms with Crippen LogP contribution in [0.15, 0.2) is 29.2 Å². The normalized spacial score (nSPS) is 16.2. The molecule has 4 heteroatoms. The number of benzene rings is 1. The van der Waals surface area contributed by atoms with Gasteiger partial charge in [0.1, 0.15) is 0 Å². The second-order valence-electron chi connectivity index (χ2n) is 5.27. The third-order valence-corrected chi connectivity index (χ3v) is 3.90. The summed E-state index contributed by atoms with van der Waals surface area (Å²) in [6.07, 6.45) is 7.84. The number of fused-ring (bicyclic) bond motifs is 1. The number of aromatic amines is 1. The molecule has 1 fully saturated rings. The van der Waals surface area contributed by atoms with Crippen LogP contribution in [0.1, 0.15) is 32.1 Å². The van der Waals surface area contributed by atoms with E-state index in [0.29, 0.717) is 11.1 Å². The van der Waals surface area contributed by atoms with Crippen LogP contribution in [-0.4, -0.2) is 18.2 Å². The summed E-state index contributed by atoms with van der Waals surface area (Å²) in [5.41, 5.74) is -0.106. The SMILES string of the molecule is COc1cc2c(=O)[nH]ccc2cc1OC1CCCCC1. The number of methoxy groups -OCH3 is 1. The van der Waals surface area contributed by atoms with E-state index in [1.165, 1.54) is 19.3 Å². The quantitative estimate of drug-likeness (QED) is 0.934. The molecule has 2 aromatic rings. The molecule has 1 aromatic carbocycles. The predicted octanol–water partition coefficient (Wildman–Crippen LogP) is 3.25. The Balaban J connectivity index is 1.98. The topological polar surface area (TPSA) is 51.3 Å². The summed E-state index contributed by atoms with van der Waals surface area (Å²) >= 11 is 0. The third-order valence-electron chi connectivity index (χ3n) is 3.90. The minimum atomic E-state index is -0.106. The minimum absolute atomic E-state index is 0.106. The molecule has 1 aliphatic carbocycles. The fraction of sp³-hybridized carbons (Fsp3) is 0.438. The molecule has 1 aromatic heterocycles. The van der Waals surface area contributed by atoms with Crippen molar-refractivity contribution in [3.63, 3.8) is 0 Å². The minimum Gasteiger partial charge on any atom is -0.493 e. The highest BCUT2D eigenvalue weighted by molar-refractivity contribution is 5.85. The monoisotopic (exact) mass is 273 g/mol. The third kappa shape index (κ3) is 2.50. The Labute approximate surface area is 117 Å². The Kier molecular flexibility index (Phi) is 3.63. The maximum absolute atomic E-state index is 11.8. The van der Waals surface area contributed by atoms with Gasteiger partial charge in [0.05, 0.1) is 18.6 Å². The Morgan fingerprint density at radius 2 is 1.95 bits per heavy atom. The van der Waals surface area contributed by atoms with E-state index in [0.717, 1.165) is 24.0 Å². The largest absolute Gasteiger partial charge is 0.493 e. The van der Waals surface area contributed by atoms with Crippen LogP contribution in [0.4, 0.5) is 0 Å². The molecule has 1 N–H and O–H groups in total. The molecule has 1 heterocycles. The van der Waals surface area contributed by atoms with Gasteiger partial charge in [0, 0.05) is 6.20 Å². The van der Waals surface area contributed by atoms with Gasteiger partial charge in [0.15, 0.2) is 11.5 Å². The molecule has 0 unspecified atom stereocenters. The molecule has 0 atom stereocenters. The summed E-state index contributed by atoms with van der Waals surface area (Å²) in [6, 6.07) is 5.54. The van der Waals surface area contributed by atoms with E-state index in [1.54, 1.807) is 19.4 Å². The predicted molar refractivity (Wildman–Crippen MR) is 78.6 cm³/mol. The molecule has 0 amide bonds. The number of rotatable bonds is 3. The lowest BCUT2D eigenvalue weighted by molar-refractivity contribution is 0.150. The number of hydrogen-bond acceptors (Lipinski definition) is 3. The molecule has 1 aliphatic rings. The zero-order valence-corrected chi connectivity index (χ0v) is 11.6. The molecular formula is C16H19NO3. The van der Waals surface area contributed by atoms with Crippen LogP contribution in [0.25, 0.3) is 10.8 Å². The number of H-pyrrole nitrogens is 1. The highest BCUT2D eigenvalue weighted by Gasteiger charge is 2.17. The molecular weight excluding hydrogens is 254 g/mol. The van der Waals surface area contributed by atoms with Crippen molar-refractivity contribution in [2.45, 2.75) is 38.2 Å². The first-order valence-electron chi connectivity index (χ1n) is 7.14. The number of ether oxygens (including phenoxy) is 2. The summed E-state index contributed by atoms with van der Waals surface area (Å²) < 4.78 is 11.5. The van der Waals surface area contributed by atoms with Crippen LogP contribution < -0.4 is 15.0 Å². The van der Waals surface area contributed by atoms with Crippen LogP contribution in [0.2, 0.25) is 0 Å². The van der Waals surface area contributed by atoms with E-state index < -0.39 is 0 Å². The second-order valence-corrected chi connectivity index (χ2v) is 5.27. The van der Waals surface area contributed by atoms with E-state index in [2.05, 4.69) is 4.98 Å². The fourth-order valence-corrected chi connectivity index (χ4v) is 2.81. The van der Waals surface area contributed by atoms with E-state index in [1.807, 2.05) is 12.1 Å². The molecule has 0 bridgehead atoms. The Morgan fingerprint density at radius 1 is 1.15 bits per heavy atom. The molecule has 20 heavy (non-hydrogen) atoms. The molecule has 4 nitrogen and oxygen atoms in total. The summed E-state index contributed by atoms with van der Waals surface area (Å²) in [5.74, 6) is 1.36. The first-order valence-corrected chi connectivity index (χ1v) is 7.14. The number of hydrogen-bond donors (Lipinski definition) is 1. The van der Waals surface area contributed by atoms with Crippen molar-refractivity contribution in [2.24, 2.45) is 0 Å². The lowest BCUT2D eigenvalue weighted by Crippen LogP contribution is -2.20. The fourth-order valence-electron chi connectivity index (χ4n) is 2.81. The number of pyridine rings is 1. The van der Waals surface area contributed by atoms with E-state index in [4.69, 9.17) is 9.47 Å². The molecule has 0 spiro atoms. The standard InChI is InChI=1S/C16H19NO3/c1-19-14-10-13-11(7-8-17-16(13)18)9-15(14)20-12-5-3-2-4-6-12/h7-10,12H,2-6H2,1H3,(H,17,18). The van der Waals surface area contributed by atoms with Gasteiger partial charge < -0.3 is 14.5 Å². The molecule has 1 saturated carbocycles. The lowest BCUT2D eigenvalue weighted by Gasteiger charge is -2.24. The summed E-state index contributed by atoms with van der Waals surface area (Å²) in [4.78, 5) is 14.5. The summed E-state index contributed by atoms with van der Waals surface area (Å²) in [6.45, 7) is 0. The summed E-state index contributed by atoms with van der Waals surface area (Å²) in [5, 5.41) is 1.50. The second kappa shape index (κ2) is 5.57. The van der Waals surface area contributed by atoms with Gasteiger partial charge >= 0.3 is 0 Å². The van der Waals surface area contributed by atoms with Crippen LogP contribution in [0.3, 0.4) is 0 Å². The van der Waals surface area contributed by atoms with E-state index >= 15 is 0 Å². The highest BCUT2D eigenvalue weighted by Crippen LogP contribution is 2.33. The van der Waals surface area contributed by atoms with Crippen LogP contribution in [-0.2, 0) is 0 Å². The molecule has 3 rings (SSSR count). The molecule has 0 aliphatic heterocycles. The maximum Gasteiger partial charge on any atom is 0.255 e. The average molecular weight is 273 g/mol. The van der Waals surface area contributed by atoms with Gasteiger partial charge in [-0.1, -0.05) is 6.42 Å². The zero-order valence-electron chi connectivity index (χ0n) is 11.6. The van der Waals surface area contributed by atoms with E-state index in [-0.39, 0.29) is 11.7 Å². The van der Waals surface area contributed by atoms with Gasteiger partial charge in [0.25, 0.3) is 5.56 Å². The van der Waals surface area contributed by atoms with Gasteiger partial charge in [-0.05, 0) is 49.3 Å². The van der Waals surface area contributed by atoms with Crippen molar-refractivity contribution >= 4 is 10.8 Å². The Morgan fingerprint density at radius 3 is 2.70 bits per heavy atom. The first-order chi connectivity index (χ1) is 9.78. The van der Waals surface area contributed by atoms with Crippen molar-refractivity contribution in [1.29, 1.82) is 0 Å².